The predicted molar refractivity (Wildman–Crippen MR) is 115 cm³/mol. The van der Waals surface area contributed by atoms with Gasteiger partial charge in [0.1, 0.15) is 0 Å². The number of hydrogen-bond donors (Lipinski definition) is 0. The number of aromatic nitrogens is 2. The zero-order chi connectivity index (χ0) is 19.8. The van der Waals surface area contributed by atoms with E-state index < -0.39 is 0 Å². The van der Waals surface area contributed by atoms with Crippen molar-refractivity contribution in [2.75, 3.05) is 0 Å². The first-order valence-electron chi connectivity index (χ1n) is 9.85. The van der Waals surface area contributed by atoms with E-state index in [1.807, 2.05) is 18.5 Å². The Balaban J connectivity index is 2.14. The van der Waals surface area contributed by atoms with Crippen LogP contribution in [0.3, 0.4) is 0 Å². The van der Waals surface area contributed by atoms with Gasteiger partial charge < -0.3 is 4.74 Å². The third-order valence-corrected chi connectivity index (χ3v) is 6.25. The summed E-state index contributed by atoms with van der Waals surface area (Å²) >= 11 is 1.80. The summed E-state index contributed by atoms with van der Waals surface area (Å²) in [6.45, 7) is 15.4. The van der Waals surface area contributed by atoms with E-state index in [0.717, 1.165) is 18.7 Å². The molecule has 2 aromatic heterocycles. The maximum absolute atomic E-state index is 6.36. The Bertz CT molecular complexity index is 828. The molecule has 0 saturated carbocycles. The molecule has 0 fully saturated rings. The van der Waals surface area contributed by atoms with Gasteiger partial charge >= 0.3 is 0 Å². The van der Waals surface area contributed by atoms with Crippen molar-refractivity contribution in [3.05, 3.63) is 40.5 Å². The molecule has 1 unspecified atom stereocenters. The summed E-state index contributed by atoms with van der Waals surface area (Å²) in [6.07, 6.45) is 9.53. The Morgan fingerprint density at radius 2 is 1.85 bits per heavy atom. The number of thiophene rings is 1. The molecule has 4 heteroatoms. The van der Waals surface area contributed by atoms with Crippen molar-refractivity contribution in [1.29, 1.82) is 0 Å². The number of allylic oxidation sites excluding steroid dienone is 2. The minimum Gasteiger partial charge on any atom is -0.368 e. The molecular formula is C23H32N2OS. The van der Waals surface area contributed by atoms with E-state index in [4.69, 9.17) is 4.74 Å². The van der Waals surface area contributed by atoms with E-state index in [-0.39, 0.29) is 11.7 Å². The molecule has 146 valence electrons. The number of hydrogen-bond acceptors (Lipinski definition) is 4. The molecule has 0 saturated heterocycles. The van der Waals surface area contributed by atoms with Crippen LogP contribution in [-0.2, 0) is 4.74 Å². The fourth-order valence-corrected chi connectivity index (χ4v) is 5.06. The number of rotatable bonds is 4. The highest BCUT2D eigenvalue weighted by atomic mass is 32.1. The molecule has 27 heavy (non-hydrogen) atoms. The molecule has 0 aromatic carbocycles. The zero-order valence-corrected chi connectivity index (χ0v) is 18.5. The smallest absolute Gasteiger partial charge is 0.170 e. The summed E-state index contributed by atoms with van der Waals surface area (Å²) in [6, 6.07) is 1.87. The van der Waals surface area contributed by atoms with Crippen molar-refractivity contribution in [3.8, 4) is 10.7 Å². The minimum atomic E-state index is -0.183. The maximum atomic E-state index is 6.36. The van der Waals surface area contributed by atoms with Gasteiger partial charge in [-0.1, -0.05) is 19.9 Å². The SMILES string of the molecule is Cc1sc(-c2ncccn2)c(C2=CCC(C)(C)CC2)c1C(C)OC(C)(C)C. The molecule has 3 nitrogen and oxygen atoms in total. The number of aryl methyl sites for hydroxylation is 1. The van der Waals surface area contributed by atoms with Gasteiger partial charge in [0.15, 0.2) is 5.82 Å². The van der Waals surface area contributed by atoms with Crippen LogP contribution in [0, 0.1) is 12.3 Å². The maximum Gasteiger partial charge on any atom is 0.170 e. The second-order valence-electron chi connectivity index (χ2n) is 9.32. The number of nitrogens with zero attached hydrogens (tertiary/aromatic N) is 2. The van der Waals surface area contributed by atoms with E-state index in [1.165, 1.54) is 32.9 Å². The van der Waals surface area contributed by atoms with Crippen molar-refractivity contribution in [3.63, 3.8) is 0 Å². The molecule has 2 aromatic rings. The highest BCUT2D eigenvalue weighted by Crippen LogP contribution is 2.47. The molecule has 0 N–H and O–H groups in total. The Morgan fingerprint density at radius 1 is 1.19 bits per heavy atom. The van der Waals surface area contributed by atoms with Gasteiger partial charge in [-0.05, 0) is 70.9 Å². The van der Waals surface area contributed by atoms with Crippen molar-refractivity contribution in [2.45, 2.75) is 79.4 Å². The van der Waals surface area contributed by atoms with Crippen LogP contribution in [0.5, 0.6) is 0 Å². The van der Waals surface area contributed by atoms with Crippen LogP contribution in [0.15, 0.2) is 24.5 Å². The average Bonchev–Trinajstić information content (AvgIpc) is 2.91. The Labute approximate surface area is 167 Å². The lowest BCUT2D eigenvalue weighted by Crippen LogP contribution is -2.22. The molecule has 0 radical (unpaired) electrons. The van der Waals surface area contributed by atoms with Crippen molar-refractivity contribution >= 4 is 16.9 Å². The van der Waals surface area contributed by atoms with E-state index in [1.54, 1.807) is 11.3 Å². The zero-order valence-electron chi connectivity index (χ0n) is 17.7. The van der Waals surface area contributed by atoms with Crippen LogP contribution < -0.4 is 0 Å². The standard InChI is InChI=1S/C23H32N2OS/c1-15(26-22(3,4)5)18-16(2)27-20(21-24-13-8-14-25-21)19(18)17-9-11-23(6,7)12-10-17/h8-9,13-15H,10-12H2,1-7H3. The van der Waals surface area contributed by atoms with E-state index in [0.29, 0.717) is 5.41 Å². The third kappa shape index (κ3) is 4.67. The lowest BCUT2D eigenvalue weighted by molar-refractivity contribution is -0.0531. The quantitative estimate of drug-likeness (QED) is 0.570. The molecule has 0 amide bonds. The van der Waals surface area contributed by atoms with Crippen molar-refractivity contribution < 1.29 is 4.74 Å². The number of ether oxygens (including phenoxy) is 1. The van der Waals surface area contributed by atoms with E-state index in [9.17, 15) is 0 Å². The van der Waals surface area contributed by atoms with Gasteiger partial charge in [0, 0.05) is 28.4 Å². The molecule has 3 rings (SSSR count). The second-order valence-corrected chi connectivity index (χ2v) is 10.5. The van der Waals surface area contributed by atoms with E-state index in [2.05, 4.69) is 64.5 Å². The lowest BCUT2D eigenvalue weighted by atomic mass is 9.76. The Kier molecular flexibility index (Phi) is 5.60. The second kappa shape index (κ2) is 7.48. The summed E-state index contributed by atoms with van der Waals surface area (Å²) in [5.41, 5.74) is 4.25. The molecule has 2 heterocycles. The topological polar surface area (TPSA) is 35.0 Å². The Morgan fingerprint density at radius 3 is 2.41 bits per heavy atom. The first-order valence-corrected chi connectivity index (χ1v) is 10.7. The molecule has 0 bridgehead atoms. The minimum absolute atomic E-state index is 0.0320. The highest BCUT2D eigenvalue weighted by molar-refractivity contribution is 7.15. The Hall–Kier alpha value is -1.52. The van der Waals surface area contributed by atoms with Crippen LogP contribution in [0.2, 0.25) is 0 Å². The largest absolute Gasteiger partial charge is 0.368 e. The normalized spacial score (nSPS) is 18.3. The summed E-state index contributed by atoms with van der Waals surface area (Å²) in [7, 11) is 0. The fraction of sp³-hybridized carbons (Fsp3) is 0.565. The molecule has 0 spiro atoms. The van der Waals surface area contributed by atoms with Crippen molar-refractivity contribution in [2.24, 2.45) is 5.41 Å². The highest BCUT2D eigenvalue weighted by Gasteiger charge is 2.30. The van der Waals surface area contributed by atoms with Crippen molar-refractivity contribution in [1.82, 2.24) is 9.97 Å². The van der Waals surface area contributed by atoms with Gasteiger partial charge in [-0.2, -0.15) is 0 Å². The molecule has 0 aliphatic heterocycles. The van der Waals surface area contributed by atoms with Crippen LogP contribution in [0.25, 0.3) is 16.3 Å². The van der Waals surface area contributed by atoms with Crippen LogP contribution in [-0.4, -0.2) is 15.6 Å². The summed E-state index contributed by atoms with van der Waals surface area (Å²) < 4.78 is 6.36. The predicted octanol–water partition coefficient (Wildman–Crippen LogP) is 6.98. The molecular weight excluding hydrogens is 352 g/mol. The van der Waals surface area contributed by atoms with Crippen LogP contribution in [0.4, 0.5) is 0 Å². The first-order chi connectivity index (χ1) is 12.6. The van der Waals surface area contributed by atoms with Gasteiger partial charge in [-0.3, -0.25) is 0 Å². The third-order valence-electron chi connectivity index (χ3n) is 5.13. The molecule has 1 aliphatic rings. The van der Waals surface area contributed by atoms with Gasteiger partial charge in [0.25, 0.3) is 0 Å². The van der Waals surface area contributed by atoms with Gasteiger partial charge in [-0.15, -0.1) is 11.3 Å². The van der Waals surface area contributed by atoms with E-state index >= 15 is 0 Å². The summed E-state index contributed by atoms with van der Waals surface area (Å²) in [5.74, 6) is 0.820. The summed E-state index contributed by atoms with van der Waals surface area (Å²) in [5, 5.41) is 0. The van der Waals surface area contributed by atoms with Gasteiger partial charge in [0.2, 0.25) is 0 Å². The van der Waals surface area contributed by atoms with Crippen LogP contribution in [0.1, 0.15) is 82.9 Å². The molecule has 1 aliphatic carbocycles. The summed E-state index contributed by atoms with van der Waals surface area (Å²) in [4.78, 5) is 11.6. The van der Waals surface area contributed by atoms with Gasteiger partial charge in [0.05, 0.1) is 16.6 Å². The first kappa shape index (κ1) is 20.2. The fourth-order valence-electron chi connectivity index (χ4n) is 3.83. The lowest BCUT2D eigenvalue weighted by Gasteiger charge is -2.30. The molecule has 1 atom stereocenters. The monoisotopic (exact) mass is 384 g/mol. The average molecular weight is 385 g/mol. The van der Waals surface area contributed by atoms with Gasteiger partial charge in [-0.25, -0.2) is 9.97 Å². The van der Waals surface area contributed by atoms with Crippen LogP contribution >= 0.6 is 11.3 Å².